The van der Waals surface area contributed by atoms with E-state index in [4.69, 9.17) is 14.2 Å². The fraction of sp³-hybridized carbons (Fsp3) is 0.286. The van der Waals surface area contributed by atoms with Crippen LogP contribution in [0.25, 0.3) is 0 Å². The number of ether oxygens (including phenoxy) is 3. The quantitative estimate of drug-likeness (QED) is 0.238. The Kier molecular flexibility index (Phi) is 9.05. The molecule has 0 saturated carbocycles. The normalized spacial score (nSPS) is 12.7. The van der Waals surface area contributed by atoms with Gasteiger partial charge in [0, 0.05) is 0 Å². The maximum Gasteiger partial charge on any atom is 0.143 e. The molecule has 1 N–H and O–H groups in total. The van der Waals surface area contributed by atoms with E-state index in [1.807, 2.05) is 72.8 Å². The highest BCUT2D eigenvalue weighted by molar-refractivity contribution is 5.48. The molecule has 0 unspecified atom stereocenters. The van der Waals surface area contributed by atoms with Crippen molar-refractivity contribution in [3.05, 3.63) is 114 Å². The Labute approximate surface area is 191 Å². The molecule has 0 fully saturated rings. The van der Waals surface area contributed by atoms with E-state index in [1.165, 1.54) is 0 Å². The van der Waals surface area contributed by atoms with Gasteiger partial charge in [0.25, 0.3) is 0 Å². The molecular weight excluding hydrogens is 400 g/mol. The zero-order valence-corrected chi connectivity index (χ0v) is 18.8. The largest absolute Gasteiger partial charge is 0.497 e. The van der Waals surface area contributed by atoms with Gasteiger partial charge in [-0.1, -0.05) is 91.9 Å². The van der Waals surface area contributed by atoms with Crippen LogP contribution < -0.4 is 4.74 Å². The molecule has 32 heavy (non-hydrogen) atoms. The van der Waals surface area contributed by atoms with Gasteiger partial charge in [0.1, 0.15) is 17.5 Å². The first-order valence-electron chi connectivity index (χ1n) is 11.0. The average molecular weight is 433 g/mol. The molecule has 1 atom stereocenters. The Morgan fingerprint density at radius 1 is 0.781 bits per heavy atom. The van der Waals surface area contributed by atoms with Crippen molar-refractivity contribution in [1.82, 2.24) is 0 Å². The lowest BCUT2D eigenvalue weighted by atomic mass is 9.80. The predicted octanol–water partition coefficient (Wildman–Crippen LogP) is 5.35. The lowest BCUT2D eigenvalue weighted by molar-refractivity contribution is -0.0612. The summed E-state index contributed by atoms with van der Waals surface area (Å²) in [6.45, 7) is 2.88. The van der Waals surface area contributed by atoms with Gasteiger partial charge in [0.05, 0.1) is 26.9 Å². The molecular formula is C28H32O4. The molecule has 4 heteroatoms. The second-order valence-corrected chi connectivity index (χ2v) is 7.52. The third-order valence-corrected chi connectivity index (χ3v) is 5.28. The van der Waals surface area contributed by atoms with Gasteiger partial charge in [-0.25, -0.2) is 0 Å². The van der Waals surface area contributed by atoms with Crippen LogP contribution in [0.2, 0.25) is 0 Å². The SMILES string of the molecule is CC/C=C\COC[C@H](O)COC(c1ccccc1)(c1ccccc1)c1ccc(OC)cc1. The van der Waals surface area contributed by atoms with Gasteiger partial charge in [-0.2, -0.15) is 0 Å². The fourth-order valence-corrected chi connectivity index (χ4v) is 3.70. The molecule has 4 nitrogen and oxygen atoms in total. The van der Waals surface area contributed by atoms with E-state index in [1.54, 1.807) is 7.11 Å². The minimum Gasteiger partial charge on any atom is -0.497 e. The highest BCUT2D eigenvalue weighted by Gasteiger charge is 2.38. The smallest absolute Gasteiger partial charge is 0.143 e. The number of rotatable bonds is 12. The molecule has 0 radical (unpaired) electrons. The van der Waals surface area contributed by atoms with Gasteiger partial charge < -0.3 is 19.3 Å². The average Bonchev–Trinajstić information content (AvgIpc) is 2.86. The first-order valence-corrected chi connectivity index (χ1v) is 11.0. The number of aliphatic hydroxyl groups is 1. The number of benzene rings is 3. The number of hydrogen-bond acceptors (Lipinski definition) is 4. The molecule has 0 bridgehead atoms. The van der Waals surface area contributed by atoms with Crippen molar-refractivity contribution in [3.63, 3.8) is 0 Å². The summed E-state index contributed by atoms with van der Waals surface area (Å²) in [5.41, 5.74) is 2.03. The first kappa shape index (κ1) is 23.7. The van der Waals surface area contributed by atoms with E-state index in [9.17, 15) is 5.11 Å². The number of allylic oxidation sites excluding steroid dienone is 1. The molecule has 0 aliphatic heterocycles. The van der Waals surface area contributed by atoms with Crippen molar-refractivity contribution >= 4 is 0 Å². The third kappa shape index (κ3) is 5.86. The summed E-state index contributed by atoms with van der Waals surface area (Å²) in [4.78, 5) is 0. The van der Waals surface area contributed by atoms with Gasteiger partial charge >= 0.3 is 0 Å². The van der Waals surface area contributed by atoms with Crippen LogP contribution in [0.4, 0.5) is 0 Å². The van der Waals surface area contributed by atoms with Crippen LogP contribution in [-0.2, 0) is 15.1 Å². The molecule has 0 aliphatic rings. The summed E-state index contributed by atoms with van der Waals surface area (Å²) >= 11 is 0. The van der Waals surface area contributed by atoms with Crippen LogP contribution in [0.15, 0.2) is 97.1 Å². The predicted molar refractivity (Wildman–Crippen MR) is 128 cm³/mol. The Balaban J connectivity index is 1.95. The standard InChI is InChI=1S/C28H32O4/c1-3-4-11-20-31-21-26(29)22-32-28(23-12-7-5-8-13-23,24-14-9-6-10-15-24)25-16-18-27(30-2)19-17-25/h4-19,26,29H,3,20-22H2,1-2H3/b11-4-/t26-/m0/s1. The van der Waals surface area contributed by atoms with Crippen LogP contribution >= 0.6 is 0 Å². The van der Waals surface area contributed by atoms with Crippen molar-refractivity contribution in [2.45, 2.75) is 25.0 Å². The zero-order valence-electron chi connectivity index (χ0n) is 18.8. The lowest BCUT2D eigenvalue weighted by Crippen LogP contribution is -2.36. The topological polar surface area (TPSA) is 47.9 Å². The van der Waals surface area contributed by atoms with Crippen molar-refractivity contribution < 1.29 is 19.3 Å². The zero-order chi connectivity index (χ0) is 22.7. The van der Waals surface area contributed by atoms with E-state index < -0.39 is 11.7 Å². The molecule has 0 saturated heterocycles. The van der Waals surface area contributed by atoms with Crippen LogP contribution in [0.5, 0.6) is 5.75 Å². The van der Waals surface area contributed by atoms with E-state index in [0.717, 1.165) is 28.9 Å². The maximum atomic E-state index is 10.6. The highest BCUT2D eigenvalue weighted by atomic mass is 16.5. The van der Waals surface area contributed by atoms with E-state index in [0.29, 0.717) is 6.61 Å². The molecule has 0 amide bonds. The number of methoxy groups -OCH3 is 1. The monoisotopic (exact) mass is 432 g/mol. The van der Waals surface area contributed by atoms with Crippen LogP contribution in [0, 0.1) is 0 Å². The number of hydrogen-bond donors (Lipinski definition) is 1. The van der Waals surface area contributed by atoms with Gasteiger partial charge in [0.2, 0.25) is 0 Å². The molecule has 0 heterocycles. The third-order valence-electron chi connectivity index (χ3n) is 5.28. The Hall–Kier alpha value is -2.92. The van der Waals surface area contributed by atoms with Crippen molar-refractivity contribution in [1.29, 1.82) is 0 Å². The summed E-state index contributed by atoms with van der Waals surface area (Å²) in [6, 6.07) is 28.1. The molecule has 0 aromatic heterocycles. The first-order chi connectivity index (χ1) is 15.7. The summed E-state index contributed by atoms with van der Waals surface area (Å²) < 4.78 is 17.6. The Morgan fingerprint density at radius 3 is 1.88 bits per heavy atom. The van der Waals surface area contributed by atoms with E-state index in [-0.39, 0.29) is 13.2 Å². The minimum atomic E-state index is -0.891. The summed E-state index contributed by atoms with van der Waals surface area (Å²) in [6.07, 6.45) is 4.22. The molecule has 168 valence electrons. The van der Waals surface area contributed by atoms with Crippen LogP contribution in [0.1, 0.15) is 30.0 Å². The van der Waals surface area contributed by atoms with Crippen molar-refractivity contribution in [3.8, 4) is 5.75 Å². The summed E-state index contributed by atoms with van der Waals surface area (Å²) in [5, 5.41) is 10.6. The number of aliphatic hydroxyl groups excluding tert-OH is 1. The summed E-state index contributed by atoms with van der Waals surface area (Å²) in [5.74, 6) is 0.775. The van der Waals surface area contributed by atoms with E-state index >= 15 is 0 Å². The van der Waals surface area contributed by atoms with Crippen LogP contribution in [-0.4, -0.2) is 38.1 Å². The molecule has 3 aromatic rings. The van der Waals surface area contributed by atoms with Gasteiger partial charge in [0.15, 0.2) is 0 Å². The lowest BCUT2D eigenvalue weighted by Gasteiger charge is -2.36. The van der Waals surface area contributed by atoms with Crippen molar-refractivity contribution in [2.75, 3.05) is 26.9 Å². The maximum absolute atomic E-state index is 10.6. The highest BCUT2D eigenvalue weighted by Crippen LogP contribution is 2.41. The second kappa shape index (κ2) is 12.2. The summed E-state index contributed by atoms with van der Waals surface area (Å²) in [7, 11) is 1.65. The molecule has 3 rings (SSSR count). The molecule has 0 spiro atoms. The molecule has 3 aromatic carbocycles. The fourth-order valence-electron chi connectivity index (χ4n) is 3.70. The second-order valence-electron chi connectivity index (χ2n) is 7.52. The van der Waals surface area contributed by atoms with Gasteiger partial charge in [-0.05, 0) is 35.2 Å². The van der Waals surface area contributed by atoms with E-state index in [2.05, 4.69) is 31.2 Å². The molecule has 0 aliphatic carbocycles. The van der Waals surface area contributed by atoms with Gasteiger partial charge in [-0.15, -0.1) is 0 Å². The minimum absolute atomic E-state index is 0.118. The van der Waals surface area contributed by atoms with Crippen molar-refractivity contribution in [2.24, 2.45) is 0 Å². The van der Waals surface area contributed by atoms with Crippen LogP contribution in [0.3, 0.4) is 0 Å². The Bertz CT molecular complexity index is 897. The van der Waals surface area contributed by atoms with Gasteiger partial charge in [-0.3, -0.25) is 0 Å². The Morgan fingerprint density at radius 2 is 1.34 bits per heavy atom.